The van der Waals surface area contributed by atoms with Crippen LogP contribution in [0.15, 0.2) is 53.2 Å². The molecule has 1 atom stereocenters. The molecule has 1 unspecified atom stereocenters. The van der Waals surface area contributed by atoms with Gasteiger partial charge in [-0.2, -0.15) is 4.98 Å². The number of carbonyl (C=O) groups is 2. The van der Waals surface area contributed by atoms with Gasteiger partial charge in [0.1, 0.15) is 11.5 Å². The zero-order valence-electron chi connectivity index (χ0n) is 15.7. The Balaban J connectivity index is 1.42. The van der Waals surface area contributed by atoms with E-state index in [-0.39, 0.29) is 31.1 Å². The van der Waals surface area contributed by atoms with Gasteiger partial charge in [-0.25, -0.2) is 4.39 Å². The van der Waals surface area contributed by atoms with E-state index in [0.29, 0.717) is 11.5 Å². The summed E-state index contributed by atoms with van der Waals surface area (Å²) in [4.78, 5) is 32.3. The number of benzene rings is 1. The number of amides is 1. The highest BCUT2D eigenvalue weighted by Crippen LogP contribution is 2.13. The fourth-order valence-electron chi connectivity index (χ4n) is 2.41. The summed E-state index contributed by atoms with van der Waals surface area (Å²) in [6.45, 7) is 1.68. The van der Waals surface area contributed by atoms with Crippen LogP contribution in [0.1, 0.15) is 24.8 Å². The Morgan fingerprint density at radius 1 is 1.21 bits per heavy atom. The largest absolute Gasteiger partial charge is 0.453 e. The SMILES string of the molecule is CC(OC(=O)CCc1nc(-c2ccccn2)no1)C(=O)NCc1ccc(F)cc1. The fraction of sp³-hybridized carbons (Fsp3) is 0.250. The smallest absolute Gasteiger partial charge is 0.307 e. The van der Waals surface area contributed by atoms with Gasteiger partial charge in [0.05, 0.1) is 6.42 Å². The Morgan fingerprint density at radius 3 is 2.72 bits per heavy atom. The number of pyridine rings is 1. The van der Waals surface area contributed by atoms with Crippen LogP contribution in [0.4, 0.5) is 4.39 Å². The van der Waals surface area contributed by atoms with E-state index in [1.54, 1.807) is 36.5 Å². The first kappa shape index (κ1) is 20.1. The van der Waals surface area contributed by atoms with Crippen LogP contribution in [-0.2, 0) is 27.3 Å². The number of ether oxygens (including phenoxy) is 1. The second-order valence-corrected chi connectivity index (χ2v) is 6.20. The minimum Gasteiger partial charge on any atom is -0.453 e. The zero-order valence-corrected chi connectivity index (χ0v) is 15.7. The summed E-state index contributed by atoms with van der Waals surface area (Å²) in [5.74, 6) is -0.751. The van der Waals surface area contributed by atoms with Crippen molar-refractivity contribution < 1.29 is 23.2 Å². The predicted octanol–water partition coefficient (Wildman–Crippen LogP) is 2.45. The molecule has 0 saturated heterocycles. The molecule has 0 bridgehead atoms. The van der Waals surface area contributed by atoms with Crippen molar-refractivity contribution in [1.29, 1.82) is 0 Å². The third-order valence-corrected chi connectivity index (χ3v) is 3.96. The van der Waals surface area contributed by atoms with Crippen LogP contribution in [0, 0.1) is 5.82 Å². The van der Waals surface area contributed by atoms with Gasteiger partial charge in [-0.05, 0) is 36.8 Å². The van der Waals surface area contributed by atoms with Gasteiger partial charge in [0, 0.05) is 19.2 Å². The second kappa shape index (κ2) is 9.54. The molecule has 150 valence electrons. The van der Waals surface area contributed by atoms with Crippen LogP contribution in [0.2, 0.25) is 0 Å². The Labute approximate surface area is 166 Å². The second-order valence-electron chi connectivity index (χ2n) is 6.20. The normalized spacial score (nSPS) is 11.7. The highest BCUT2D eigenvalue weighted by Gasteiger charge is 2.18. The van der Waals surface area contributed by atoms with E-state index in [1.807, 2.05) is 0 Å². The van der Waals surface area contributed by atoms with Gasteiger partial charge in [0.25, 0.3) is 5.91 Å². The van der Waals surface area contributed by atoms with Crippen molar-refractivity contribution in [3.8, 4) is 11.5 Å². The summed E-state index contributed by atoms with van der Waals surface area (Å²) in [5, 5.41) is 6.46. The van der Waals surface area contributed by atoms with E-state index in [1.165, 1.54) is 19.1 Å². The minimum absolute atomic E-state index is 0.0145. The Morgan fingerprint density at radius 2 is 2.00 bits per heavy atom. The number of aryl methyl sites for hydroxylation is 1. The van der Waals surface area contributed by atoms with Gasteiger partial charge in [-0.1, -0.05) is 23.4 Å². The van der Waals surface area contributed by atoms with E-state index in [2.05, 4.69) is 20.4 Å². The van der Waals surface area contributed by atoms with Crippen molar-refractivity contribution in [2.75, 3.05) is 0 Å². The molecular weight excluding hydrogens is 379 g/mol. The van der Waals surface area contributed by atoms with Crippen molar-refractivity contribution in [3.05, 3.63) is 65.9 Å². The lowest BCUT2D eigenvalue weighted by atomic mass is 10.2. The summed E-state index contributed by atoms with van der Waals surface area (Å²) in [6, 6.07) is 11.1. The Kier molecular flexibility index (Phi) is 6.62. The van der Waals surface area contributed by atoms with Gasteiger partial charge >= 0.3 is 5.97 Å². The molecule has 1 N–H and O–H groups in total. The minimum atomic E-state index is -0.963. The molecule has 0 aliphatic rings. The average Bonchev–Trinajstić information content (AvgIpc) is 3.21. The van der Waals surface area contributed by atoms with Crippen LogP contribution < -0.4 is 5.32 Å². The molecule has 0 fully saturated rings. The summed E-state index contributed by atoms with van der Waals surface area (Å²) in [5.41, 5.74) is 1.30. The van der Waals surface area contributed by atoms with Crippen LogP contribution in [-0.4, -0.2) is 33.1 Å². The quantitative estimate of drug-likeness (QED) is 0.581. The monoisotopic (exact) mass is 398 g/mol. The molecular formula is C20H19FN4O4. The lowest BCUT2D eigenvalue weighted by Crippen LogP contribution is -2.35. The lowest BCUT2D eigenvalue weighted by molar-refractivity contribution is -0.154. The molecule has 0 aliphatic carbocycles. The molecule has 3 rings (SSSR count). The van der Waals surface area contributed by atoms with Crippen LogP contribution in [0.5, 0.6) is 0 Å². The molecule has 2 heterocycles. The zero-order chi connectivity index (χ0) is 20.6. The summed E-state index contributed by atoms with van der Waals surface area (Å²) < 4.78 is 23.1. The first-order chi connectivity index (χ1) is 14.0. The first-order valence-electron chi connectivity index (χ1n) is 8.97. The molecule has 0 spiro atoms. The standard InChI is InChI=1S/C20H19FN4O4/c1-13(20(27)23-12-14-5-7-15(21)8-6-14)28-18(26)10-9-17-24-19(25-29-17)16-4-2-3-11-22-16/h2-8,11,13H,9-10,12H2,1H3,(H,23,27). The Bertz CT molecular complexity index is 960. The van der Waals surface area contributed by atoms with E-state index < -0.39 is 18.0 Å². The molecule has 0 aliphatic heterocycles. The number of rotatable bonds is 8. The number of esters is 1. The number of halogens is 1. The molecule has 8 nitrogen and oxygen atoms in total. The number of nitrogens with zero attached hydrogens (tertiary/aromatic N) is 3. The van der Waals surface area contributed by atoms with Crippen molar-refractivity contribution in [2.45, 2.75) is 32.4 Å². The molecule has 1 amide bonds. The first-order valence-corrected chi connectivity index (χ1v) is 8.97. The highest BCUT2D eigenvalue weighted by molar-refractivity contribution is 5.83. The number of carbonyl (C=O) groups excluding carboxylic acids is 2. The highest BCUT2D eigenvalue weighted by atomic mass is 19.1. The lowest BCUT2D eigenvalue weighted by Gasteiger charge is -2.13. The summed E-state index contributed by atoms with van der Waals surface area (Å²) in [7, 11) is 0. The van der Waals surface area contributed by atoms with Gasteiger partial charge in [-0.3, -0.25) is 14.6 Å². The fourth-order valence-corrected chi connectivity index (χ4v) is 2.41. The third-order valence-electron chi connectivity index (χ3n) is 3.96. The van der Waals surface area contributed by atoms with E-state index in [4.69, 9.17) is 9.26 Å². The van der Waals surface area contributed by atoms with Crippen molar-refractivity contribution in [2.24, 2.45) is 0 Å². The van der Waals surface area contributed by atoms with Gasteiger partial charge < -0.3 is 14.6 Å². The molecule has 3 aromatic rings. The maximum Gasteiger partial charge on any atom is 0.307 e. The average molecular weight is 398 g/mol. The maximum atomic E-state index is 12.9. The van der Waals surface area contributed by atoms with Crippen molar-refractivity contribution >= 4 is 11.9 Å². The van der Waals surface area contributed by atoms with Gasteiger partial charge in [0.2, 0.25) is 11.7 Å². The van der Waals surface area contributed by atoms with E-state index in [9.17, 15) is 14.0 Å². The summed E-state index contributed by atoms with van der Waals surface area (Å²) >= 11 is 0. The number of nitrogens with one attached hydrogen (secondary N) is 1. The van der Waals surface area contributed by atoms with Crippen molar-refractivity contribution in [3.63, 3.8) is 0 Å². The molecule has 9 heteroatoms. The van der Waals surface area contributed by atoms with Crippen LogP contribution >= 0.6 is 0 Å². The molecule has 1 aromatic carbocycles. The number of aromatic nitrogens is 3. The number of hydrogen-bond donors (Lipinski definition) is 1. The molecule has 0 radical (unpaired) electrons. The van der Waals surface area contributed by atoms with E-state index in [0.717, 1.165) is 5.56 Å². The molecule has 29 heavy (non-hydrogen) atoms. The maximum absolute atomic E-state index is 12.9. The predicted molar refractivity (Wildman–Crippen MR) is 99.7 cm³/mol. The third kappa shape index (κ3) is 5.93. The topological polar surface area (TPSA) is 107 Å². The van der Waals surface area contributed by atoms with Crippen LogP contribution in [0.25, 0.3) is 11.5 Å². The van der Waals surface area contributed by atoms with Crippen LogP contribution in [0.3, 0.4) is 0 Å². The van der Waals surface area contributed by atoms with E-state index >= 15 is 0 Å². The Hall–Kier alpha value is -3.62. The summed E-state index contributed by atoms with van der Waals surface area (Å²) in [6.07, 6.45) is 0.822. The van der Waals surface area contributed by atoms with Gasteiger partial charge in [0.15, 0.2) is 6.10 Å². The van der Waals surface area contributed by atoms with Gasteiger partial charge in [-0.15, -0.1) is 0 Å². The number of hydrogen-bond acceptors (Lipinski definition) is 7. The molecule has 2 aromatic heterocycles. The van der Waals surface area contributed by atoms with Crippen molar-refractivity contribution in [1.82, 2.24) is 20.4 Å². The molecule has 0 saturated carbocycles.